The zero-order valence-electron chi connectivity index (χ0n) is 33.7. The van der Waals surface area contributed by atoms with Crippen LogP contribution in [0.15, 0.2) is 36.0 Å². The molecule has 7 aliphatic rings. The number of hydrogen-bond acceptors (Lipinski definition) is 12. The SMILES string of the molecule is C=C1C(C(O)C[C@H](C)C2CCC[C@]3(CCCCO3)O2)OC2CC[C@@]3(CC[C@H](/C=C/[C@@H](C)C4CC(C)=CC5(O4)O[C@H](C[C@@](C)(O)C(=O)O)CCC5O)O3)O[C@H]2[C@@H]1O. The molecule has 0 bridgehead atoms. The van der Waals surface area contributed by atoms with Crippen LogP contribution in [0, 0.1) is 11.8 Å². The molecule has 0 radical (unpaired) electrons. The van der Waals surface area contributed by atoms with E-state index in [0.717, 1.165) is 57.1 Å². The number of aliphatic hydroxyl groups excluding tert-OH is 3. The van der Waals surface area contributed by atoms with Gasteiger partial charge in [0.2, 0.25) is 5.79 Å². The summed E-state index contributed by atoms with van der Waals surface area (Å²) >= 11 is 0. The lowest BCUT2D eigenvalue weighted by Gasteiger charge is -2.50. The Morgan fingerprint density at radius 3 is 2.48 bits per heavy atom. The molecule has 6 saturated heterocycles. The molecule has 7 heterocycles. The lowest BCUT2D eigenvalue weighted by molar-refractivity contribution is -0.320. The number of ether oxygens (including phenoxy) is 7. The molecule has 7 unspecified atom stereocenters. The van der Waals surface area contributed by atoms with Gasteiger partial charge in [-0.15, -0.1) is 0 Å². The molecule has 0 aromatic carbocycles. The molecule has 7 rings (SSSR count). The molecular formula is C43H66O13. The normalized spacial score (nSPS) is 44.7. The van der Waals surface area contributed by atoms with E-state index >= 15 is 0 Å². The molecule has 0 aromatic heterocycles. The van der Waals surface area contributed by atoms with Gasteiger partial charge in [0.05, 0.1) is 43.2 Å². The highest BCUT2D eigenvalue weighted by Gasteiger charge is 2.54. The van der Waals surface area contributed by atoms with Gasteiger partial charge in [0.15, 0.2) is 17.2 Å². The Labute approximate surface area is 331 Å². The van der Waals surface area contributed by atoms with Gasteiger partial charge in [0.25, 0.3) is 0 Å². The van der Waals surface area contributed by atoms with E-state index < -0.39 is 71.7 Å². The molecule has 7 aliphatic heterocycles. The van der Waals surface area contributed by atoms with Crippen molar-refractivity contribution >= 4 is 5.97 Å². The quantitative estimate of drug-likeness (QED) is 0.187. The topological polar surface area (TPSA) is 183 Å². The van der Waals surface area contributed by atoms with E-state index in [9.17, 15) is 30.3 Å². The summed E-state index contributed by atoms with van der Waals surface area (Å²) in [5.41, 5.74) is -0.548. The Morgan fingerprint density at radius 2 is 1.73 bits per heavy atom. The molecule has 16 atom stereocenters. The van der Waals surface area contributed by atoms with Crippen molar-refractivity contribution in [2.75, 3.05) is 6.61 Å². The van der Waals surface area contributed by atoms with Crippen LogP contribution >= 0.6 is 0 Å². The van der Waals surface area contributed by atoms with Crippen molar-refractivity contribution in [3.8, 4) is 0 Å². The first-order valence-corrected chi connectivity index (χ1v) is 21.3. The van der Waals surface area contributed by atoms with Crippen molar-refractivity contribution < 1.29 is 63.5 Å². The molecule has 13 heteroatoms. The number of carboxylic acids is 1. The van der Waals surface area contributed by atoms with Gasteiger partial charge in [-0.1, -0.05) is 38.2 Å². The Kier molecular flexibility index (Phi) is 12.7. The minimum atomic E-state index is -1.96. The van der Waals surface area contributed by atoms with Crippen LogP contribution in [0.4, 0.5) is 0 Å². The van der Waals surface area contributed by atoms with Crippen LogP contribution in [0.5, 0.6) is 0 Å². The highest BCUT2D eigenvalue weighted by molar-refractivity contribution is 5.76. The predicted octanol–water partition coefficient (Wildman–Crippen LogP) is 4.97. The van der Waals surface area contributed by atoms with Crippen LogP contribution in [0.25, 0.3) is 0 Å². The Bertz CT molecular complexity index is 1470. The van der Waals surface area contributed by atoms with Crippen LogP contribution < -0.4 is 0 Å². The number of aliphatic carboxylic acids is 1. The van der Waals surface area contributed by atoms with Gasteiger partial charge in [-0.25, -0.2) is 4.79 Å². The number of hydrogen-bond donors (Lipinski definition) is 5. The third kappa shape index (κ3) is 8.89. The second-order valence-corrected chi connectivity index (χ2v) is 18.3. The zero-order chi connectivity index (χ0) is 40.0. The van der Waals surface area contributed by atoms with Gasteiger partial charge in [-0.2, -0.15) is 0 Å². The van der Waals surface area contributed by atoms with Gasteiger partial charge in [-0.3, -0.25) is 0 Å². The summed E-state index contributed by atoms with van der Waals surface area (Å²) in [7, 11) is 0. The number of carbonyl (C=O) groups is 1. The molecule has 0 saturated carbocycles. The summed E-state index contributed by atoms with van der Waals surface area (Å²) in [6.45, 7) is 12.3. The monoisotopic (exact) mass is 790 g/mol. The average Bonchev–Trinajstić information content (AvgIpc) is 3.55. The zero-order valence-corrected chi connectivity index (χ0v) is 33.7. The molecule has 13 nitrogen and oxygen atoms in total. The molecule has 316 valence electrons. The Hall–Kier alpha value is -1.75. The third-order valence-electron chi connectivity index (χ3n) is 13.6. The molecule has 6 fully saturated rings. The number of fused-ring (bicyclic) bond motifs is 1. The van der Waals surface area contributed by atoms with E-state index in [2.05, 4.69) is 19.6 Å². The van der Waals surface area contributed by atoms with Crippen LogP contribution in [0.1, 0.15) is 124 Å². The Morgan fingerprint density at radius 1 is 0.964 bits per heavy atom. The van der Waals surface area contributed by atoms with Crippen molar-refractivity contribution in [1.82, 2.24) is 0 Å². The Balaban J connectivity index is 0.915. The largest absolute Gasteiger partial charge is 0.479 e. The van der Waals surface area contributed by atoms with Gasteiger partial charge < -0.3 is 58.7 Å². The van der Waals surface area contributed by atoms with Crippen molar-refractivity contribution in [2.24, 2.45) is 11.8 Å². The number of rotatable bonds is 10. The fraction of sp³-hybridized carbons (Fsp3) is 0.837. The minimum Gasteiger partial charge on any atom is -0.479 e. The first-order chi connectivity index (χ1) is 26.5. The van der Waals surface area contributed by atoms with Crippen molar-refractivity contribution in [1.29, 1.82) is 0 Å². The maximum Gasteiger partial charge on any atom is 0.335 e. The molecule has 0 amide bonds. The van der Waals surface area contributed by atoms with E-state index in [1.807, 2.05) is 19.9 Å². The summed E-state index contributed by atoms with van der Waals surface area (Å²) in [5.74, 6) is -4.11. The van der Waals surface area contributed by atoms with Gasteiger partial charge >= 0.3 is 5.97 Å². The summed E-state index contributed by atoms with van der Waals surface area (Å²) in [5, 5.41) is 53.9. The first-order valence-electron chi connectivity index (χ1n) is 21.3. The summed E-state index contributed by atoms with van der Waals surface area (Å²) in [4.78, 5) is 11.6. The van der Waals surface area contributed by atoms with Crippen molar-refractivity contribution in [3.63, 3.8) is 0 Å². The van der Waals surface area contributed by atoms with E-state index in [1.54, 1.807) is 6.08 Å². The lowest BCUT2D eigenvalue weighted by Crippen LogP contribution is -2.60. The molecular weight excluding hydrogens is 724 g/mol. The van der Waals surface area contributed by atoms with Gasteiger partial charge in [0, 0.05) is 38.0 Å². The molecule has 3 spiro atoms. The lowest BCUT2D eigenvalue weighted by atomic mass is 9.82. The summed E-state index contributed by atoms with van der Waals surface area (Å²) < 4.78 is 45.0. The number of carboxylic acid groups (broad SMARTS) is 1. The first kappa shape index (κ1) is 42.4. The fourth-order valence-corrected chi connectivity index (χ4v) is 10.2. The van der Waals surface area contributed by atoms with Crippen LogP contribution in [0.2, 0.25) is 0 Å². The van der Waals surface area contributed by atoms with Crippen LogP contribution in [-0.2, 0) is 38.0 Å². The molecule has 0 aromatic rings. The summed E-state index contributed by atoms with van der Waals surface area (Å²) in [6.07, 6.45) is 10.4. The van der Waals surface area contributed by atoms with Crippen LogP contribution in [0.3, 0.4) is 0 Å². The molecule has 5 N–H and O–H groups in total. The highest BCUT2D eigenvalue weighted by atomic mass is 16.7. The summed E-state index contributed by atoms with van der Waals surface area (Å²) in [6, 6.07) is 0. The van der Waals surface area contributed by atoms with E-state index in [1.165, 1.54) is 6.92 Å². The maximum absolute atomic E-state index is 11.6. The molecule has 56 heavy (non-hydrogen) atoms. The third-order valence-corrected chi connectivity index (χ3v) is 13.6. The van der Waals surface area contributed by atoms with Crippen molar-refractivity contribution in [2.45, 2.75) is 208 Å². The van der Waals surface area contributed by atoms with E-state index in [-0.39, 0.29) is 36.6 Å². The van der Waals surface area contributed by atoms with Crippen molar-refractivity contribution in [3.05, 3.63) is 36.0 Å². The number of aliphatic hydroxyl groups is 4. The standard InChI is InChI=1S/C43H66O13/c1-25-21-34(55-43(23-25)35(45)13-12-30(53-43)24-40(5,49)39(47)48)26(2)10-11-29-14-18-42(52-29)19-15-33-38(56-42)36(46)28(4)37(51-33)31(44)22-27(3)32-9-8-17-41(54-32)16-6-7-20-50-41/h10-11,23,26-27,29-38,44-46,49H,4,6-9,12-22,24H2,1-3,5H3,(H,47,48)/b11-10+/t26-,27+,29+,30+,31?,32?,33?,34?,35?,36-,37?,38-,40-,41+,42-,43?/m1/s1. The average molecular weight is 791 g/mol. The van der Waals surface area contributed by atoms with E-state index in [0.29, 0.717) is 50.5 Å². The van der Waals surface area contributed by atoms with Gasteiger partial charge in [-0.05, 0) is 95.6 Å². The second-order valence-electron chi connectivity index (χ2n) is 18.3. The predicted molar refractivity (Wildman–Crippen MR) is 203 cm³/mol. The second kappa shape index (κ2) is 16.7. The molecule has 0 aliphatic carbocycles. The maximum atomic E-state index is 11.6. The van der Waals surface area contributed by atoms with E-state index in [4.69, 9.17) is 33.2 Å². The minimum absolute atomic E-state index is 0.00993. The van der Waals surface area contributed by atoms with Crippen LogP contribution in [-0.4, -0.2) is 122 Å². The highest BCUT2D eigenvalue weighted by Crippen LogP contribution is 2.47. The smallest absolute Gasteiger partial charge is 0.335 e. The van der Waals surface area contributed by atoms with Gasteiger partial charge in [0.1, 0.15) is 24.4 Å². The fourth-order valence-electron chi connectivity index (χ4n) is 10.2.